The third kappa shape index (κ3) is 4.27. The first-order chi connectivity index (χ1) is 9.94. The summed E-state index contributed by atoms with van der Waals surface area (Å²) < 4.78 is 0. The fraction of sp³-hybridized carbons (Fsp3) is 0.312. The van der Waals surface area contributed by atoms with Crippen molar-refractivity contribution in [1.29, 1.82) is 0 Å². The van der Waals surface area contributed by atoms with Gasteiger partial charge in [-0.05, 0) is 51.0 Å². The van der Waals surface area contributed by atoms with Crippen LogP contribution in [-0.2, 0) is 0 Å². The number of aryl methyl sites for hydroxylation is 2. The Bertz CT molecular complexity index is 615. The van der Waals surface area contributed by atoms with Gasteiger partial charge in [0.1, 0.15) is 11.5 Å². The van der Waals surface area contributed by atoms with E-state index in [1.54, 1.807) is 6.20 Å². The van der Waals surface area contributed by atoms with Crippen LogP contribution in [0, 0.1) is 13.8 Å². The van der Waals surface area contributed by atoms with Crippen LogP contribution in [0.15, 0.2) is 30.6 Å². The third-order valence-electron chi connectivity index (χ3n) is 2.80. The van der Waals surface area contributed by atoms with Crippen LogP contribution in [0.3, 0.4) is 0 Å². The molecule has 0 aliphatic heterocycles. The zero-order valence-corrected chi connectivity index (χ0v) is 12.8. The maximum absolute atomic E-state index is 11.8. The molecule has 0 aliphatic rings. The predicted octanol–water partition coefficient (Wildman–Crippen LogP) is 2.98. The van der Waals surface area contributed by atoms with Crippen molar-refractivity contribution in [3.05, 3.63) is 47.4 Å². The molecule has 0 aliphatic carbocycles. The Balaban J connectivity index is 2.10. The Morgan fingerprint density at radius 3 is 2.24 bits per heavy atom. The number of carbonyl (C=O) groups excluding carboxylic acids is 1. The molecular weight excluding hydrogens is 264 g/mol. The van der Waals surface area contributed by atoms with Gasteiger partial charge in [-0.25, -0.2) is 9.97 Å². The van der Waals surface area contributed by atoms with E-state index < -0.39 is 0 Å². The lowest BCUT2D eigenvalue weighted by atomic mass is 10.1. The monoisotopic (exact) mass is 284 g/mol. The first-order valence-electron chi connectivity index (χ1n) is 6.92. The number of benzene rings is 1. The molecule has 1 aromatic carbocycles. The van der Waals surface area contributed by atoms with Gasteiger partial charge >= 0.3 is 0 Å². The number of nitrogens with one attached hydrogen (secondary N) is 2. The second-order valence-electron chi connectivity index (χ2n) is 5.42. The number of anilines is 2. The van der Waals surface area contributed by atoms with Crippen LogP contribution < -0.4 is 10.6 Å². The van der Waals surface area contributed by atoms with Crippen molar-refractivity contribution in [2.45, 2.75) is 33.7 Å². The fourth-order valence-electron chi connectivity index (χ4n) is 2.04. The number of nitrogens with zero attached hydrogens (tertiary/aromatic N) is 2. The Morgan fingerprint density at radius 2 is 1.71 bits per heavy atom. The molecule has 0 saturated heterocycles. The molecule has 21 heavy (non-hydrogen) atoms. The smallest absolute Gasteiger partial charge is 0.271 e. The van der Waals surface area contributed by atoms with Crippen molar-refractivity contribution in [2.24, 2.45) is 0 Å². The van der Waals surface area contributed by atoms with E-state index in [4.69, 9.17) is 0 Å². The highest BCUT2D eigenvalue weighted by Gasteiger charge is 2.09. The van der Waals surface area contributed by atoms with Crippen molar-refractivity contribution in [3.8, 4) is 0 Å². The average molecular weight is 284 g/mol. The van der Waals surface area contributed by atoms with Crippen LogP contribution in [0.4, 0.5) is 11.5 Å². The lowest BCUT2D eigenvalue weighted by Gasteiger charge is -2.09. The lowest BCUT2D eigenvalue weighted by molar-refractivity contribution is 0.0937. The second-order valence-corrected chi connectivity index (χ2v) is 5.42. The van der Waals surface area contributed by atoms with Crippen LogP contribution in [0.5, 0.6) is 0 Å². The summed E-state index contributed by atoms with van der Waals surface area (Å²) in [7, 11) is 0. The summed E-state index contributed by atoms with van der Waals surface area (Å²) >= 11 is 0. The first kappa shape index (κ1) is 15.0. The van der Waals surface area contributed by atoms with Gasteiger partial charge in [0, 0.05) is 11.7 Å². The van der Waals surface area contributed by atoms with Crippen molar-refractivity contribution >= 4 is 17.4 Å². The SMILES string of the molecule is Cc1cc(C)cc(Nc2cnc(C(=O)NC(C)C)cn2)c1. The molecule has 0 saturated carbocycles. The van der Waals surface area contributed by atoms with Gasteiger partial charge in [0.25, 0.3) is 5.91 Å². The number of rotatable bonds is 4. The maximum atomic E-state index is 11.8. The third-order valence-corrected chi connectivity index (χ3v) is 2.80. The van der Waals surface area contributed by atoms with Crippen LogP contribution in [-0.4, -0.2) is 21.9 Å². The molecular formula is C16H20N4O. The van der Waals surface area contributed by atoms with Crippen molar-refractivity contribution in [2.75, 3.05) is 5.32 Å². The van der Waals surface area contributed by atoms with Gasteiger partial charge < -0.3 is 10.6 Å². The largest absolute Gasteiger partial charge is 0.348 e. The Labute approximate surface area is 124 Å². The van der Waals surface area contributed by atoms with Gasteiger partial charge in [-0.1, -0.05) is 6.07 Å². The standard InChI is InChI=1S/C16H20N4O/c1-10(2)19-16(21)14-8-18-15(9-17-14)20-13-6-11(3)5-12(4)7-13/h5-10H,1-4H3,(H,18,20)(H,19,21). The second kappa shape index (κ2) is 6.35. The minimum Gasteiger partial charge on any atom is -0.348 e. The van der Waals surface area contributed by atoms with E-state index in [0.717, 1.165) is 5.69 Å². The molecule has 2 rings (SSSR count). The summed E-state index contributed by atoms with van der Waals surface area (Å²) in [5, 5.41) is 5.97. The molecule has 1 aromatic heterocycles. The minimum atomic E-state index is -0.213. The highest BCUT2D eigenvalue weighted by Crippen LogP contribution is 2.17. The maximum Gasteiger partial charge on any atom is 0.271 e. The Hall–Kier alpha value is -2.43. The van der Waals surface area contributed by atoms with Gasteiger partial charge in [0.05, 0.1) is 12.4 Å². The molecule has 1 amide bonds. The number of aromatic nitrogens is 2. The van der Waals surface area contributed by atoms with Crippen molar-refractivity contribution in [1.82, 2.24) is 15.3 Å². The highest BCUT2D eigenvalue weighted by molar-refractivity contribution is 5.92. The number of hydrogen-bond acceptors (Lipinski definition) is 4. The van der Waals surface area contributed by atoms with E-state index in [0.29, 0.717) is 11.5 Å². The van der Waals surface area contributed by atoms with Gasteiger partial charge in [-0.2, -0.15) is 0 Å². The number of amides is 1. The molecule has 0 unspecified atom stereocenters. The van der Waals surface area contributed by atoms with Gasteiger partial charge in [-0.15, -0.1) is 0 Å². The van der Waals surface area contributed by atoms with E-state index in [1.807, 2.05) is 39.8 Å². The zero-order chi connectivity index (χ0) is 15.4. The molecule has 0 radical (unpaired) electrons. The zero-order valence-electron chi connectivity index (χ0n) is 12.8. The summed E-state index contributed by atoms with van der Waals surface area (Å²) in [5.74, 6) is 0.400. The fourth-order valence-corrected chi connectivity index (χ4v) is 2.04. The van der Waals surface area contributed by atoms with Crippen molar-refractivity contribution in [3.63, 3.8) is 0 Å². The molecule has 5 nitrogen and oxygen atoms in total. The molecule has 5 heteroatoms. The average Bonchev–Trinajstić information content (AvgIpc) is 2.37. The van der Waals surface area contributed by atoms with E-state index in [2.05, 4.69) is 26.7 Å². The molecule has 110 valence electrons. The molecule has 0 atom stereocenters. The summed E-state index contributed by atoms with van der Waals surface area (Å²) in [6.45, 7) is 7.90. The van der Waals surface area contributed by atoms with Crippen LogP contribution in [0.2, 0.25) is 0 Å². The minimum absolute atomic E-state index is 0.0763. The Morgan fingerprint density at radius 1 is 1.05 bits per heavy atom. The molecule has 0 fully saturated rings. The van der Waals surface area contributed by atoms with Crippen LogP contribution in [0.1, 0.15) is 35.5 Å². The van der Waals surface area contributed by atoms with Gasteiger partial charge in [0.2, 0.25) is 0 Å². The van der Waals surface area contributed by atoms with Crippen molar-refractivity contribution < 1.29 is 4.79 Å². The van der Waals surface area contributed by atoms with E-state index in [1.165, 1.54) is 17.3 Å². The van der Waals surface area contributed by atoms with Crippen LogP contribution in [0.25, 0.3) is 0 Å². The van der Waals surface area contributed by atoms with E-state index >= 15 is 0 Å². The quantitative estimate of drug-likeness (QED) is 0.905. The summed E-state index contributed by atoms with van der Waals surface area (Å²) in [4.78, 5) is 20.1. The molecule has 0 bridgehead atoms. The first-order valence-corrected chi connectivity index (χ1v) is 6.92. The van der Waals surface area contributed by atoms with E-state index in [9.17, 15) is 4.79 Å². The molecule has 2 N–H and O–H groups in total. The normalized spacial score (nSPS) is 10.5. The van der Waals surface area contributed by atoms with Crippen LogP contribution >= 0.6 is 0 Å². The summed E-state index contributed by atoms with van der Waals surface area (Å²) in [5.41, 5.74) is 3.63. The topological polar surface area (TPSA) is 66.9 Å². The van der Waals surface area contributed by atoms with Gasteiger partial charge in [0.15, 0.2) is 0 Å². The highest BCUT2D eigenvalue weighted by atomic mass is 16.1. The van der Waals surface area contributed by atoms with E-state index in [-0.39, 0.29) is 11.9 Å². The summed E-state index contributed by atoms with van der Waals surface area (Å²) in [6.07, 6.45) is 3.04. The number of hydrogen-bond donors (Lipinski definition) is 2. The molecule has 2 aromatic rings. The number of carbonyl (C=O) groups is 1. The Kier molecular flexibility index (Phi) is 4.52. The summed E-state index contributed by atoms with van der Waals surface area (Å²) in [6, 6.07) is 6.26. The lowest BCUT2D eigenvalue weighted by Crippen LogP contribution is -2.30. The van der Waals surface area contributed by atoms with Gasteiger partial charge in [-0.3, -0.25) is 4.79 Å². The molecule has 0 spiro atoms. The molecule has 1 heterocycles. The predicted molar refractivity (Wildman–Crippen MR) is 83.8 cm³/mol.